The number of hydrogen-bond acceptors (Lipinski definition) is 4. The van der Waals surface area contributed by atoms with Crippen LogP contribution in [-0.4, -0.2) is 67.0 Å². The SMILES string of the molecule is CN(C(=O)O)[C@@H](CC(C)(C)C)C(=O)N[C@@H]1CC[C@H]2CN(S(=O)(=O)c3ccc(C(F)(F)F)cc3)C[C@H]21. The molecule has 4 atom stereocenters. The summed E-state index contributed by atoms with van der Waals surface area (Å²) >= 11 is 0. The van der Waals surface area contributed by atoms with E-state index in [4.69, 9.17) is 0 Å². The van der Waals surface area contributed by atoms with Crippen molar-refractivity contribution in [1.29, 1.82) is 0 Å². The van der Waals surface area contributed by atoms with Crippen molar-refractivity contribution < 1.29 is 36.3 Å². The van der Waals surface area contributed by atoms with Gasteiger partial charge >= 0.3 is 12.3 Å². The number of sulfonamides is 1. The maximum Gasteiger partial charge on any atom is 0.416 e. The van der Waals surface area contributed by atoms with Gasteiger partial charge in [0, 0.05) is 26.2 Å². The summed E-state index contributed by atoms with van der Waals surface area (Å²) in [4.78, 5) is 25.4. The molecule has 2 amide bonds. The molecule has 1 aliphatic heterocycles. The summed E-state index contributed by atoms with van der Waals surface area (Å²) in [5.41, 5.74) is -1.22. The van der Waals surface area contributed by atoms with Crippen LogP contribution in [-0.2, 0) is 21.0 Å². The number of carboxylic acid groups (broad SMARTS) is 1. The van der Waals surface area contributed by atoms with E-state index in [1.807, 2.05) is 20.8 Å². The second kappa shape index (κ2) is 9.61. The number of benzene rings is 1. The van der Waals surface area contributed by atoms with Crippen LogP contribution in [0.1, 0.15) is 45.6 Å². The van der Waals surface area contributed by atoms with Crippen molar-refractivity contribution >= 4 is 22.0 Å². The maximum absolute atomic E-state index is 13.1. The van der Waals surface area contributed by atoms with Crippen molar-refractivity contribution in [2.75, 3.05) is 20.1 Å². The Labute approximate surface area is 203 Å². The number of carbonyl (C=O) groups excluding carboxylic acids is 1. The van der Waals surface area contributed by atoms with Crippen molar-refractivity contribution in [1.82, 2.24) is 14.5 Å². The molecule has 35 heavy (non-hydrogen) atoms. The van der Waals surface area contributed by atoms with Crippen molar-refractivity contribution in [3.05, 3.63) is 29.8 Å². The molecule has 0 spiro atoms. The van der Waals surface area contributed by atoms with E-state index in [9.17, 15) is 36.3 Å². The predicted octanol–water partition coefficient (Wildman–Crippen LogP) is 3.64. The number of carbonyl (C=O) groups is 2. The van der Waals surface area contributed by atoms with Crippen molar-refractivity contribution in [3.63, 3.8) is 0 Å². The molecule has 0 aromatic heterocycles. The molecule has 0 bridgehead atoms. The highest BCUT2D eigenvalue weighted by Crippen LogP contribution is 2.40. The third kappa shape index (κ3) is 6.08. The van der Waals surface area contributed by atoms with Gasteiger partial charge in [-0.05, 0) is 60.8 Å². The molecule has 2 aliphatic rings. The molecule has 3 rings (SSSR count). The molecular weight excluding hydrogens is 487 g/mol. The number of alkyl halides is 3. The van der Waals surface area contributed by atoms with Crippen LogP contribution in [0.5, 0.6) is 0 Å². The summed E-state index contributed by atoms with van der Waals surface area (Å²) < 4.78 is 65.9. The number of amides is 2. The summed E-state index contributed by atoms with van der Waals surface area (Å²) in [5.74, 6) is -0.573. The number of fused-ring (bicyclic) bond motifs is 1. The van der Waals surface area contributed by atoms with E-state index < -0.39 is 39.8 Å². The fourth-order valence-corrected chi connectivity index (χ4v) is 6.50. The molecule has 196 valence electrons. The largest absolute Gasteiger partial charge is 0.465 e. The number of rotatable bonds is 6. The van der Waals surface area contributed by atoms with Crippen LogP contribution in [0, 0.1) is 17.3 Å². The summed E-state index contributed by atoms with van der Waals surface area (Å²) in [6.07, 6.45) is -4.12. The molecule has 2 N–H and O–H groups in total. The first-order chi connectivity index (χ1) is 16.0. The third-order valence-electron chi connectivity index (χ3n) is 6.85. The van der Waals surface area contributed by atoms with Crippen LogP contribution in [0.3, 0.4) is 0 Å². The average molecular weight is 520 g/mol. The van der Waals surface area contributed by atoms with Gasteiger partial charge in [0.25, 0.3) is 0 Å². The fraction of sp³-hybridized carbons (Fsp3) is 0.652. The zero-order chi connectivity index (χ0) is 26.3. The molecule has 1 aromatic carbocycles. The first-order valence-electron chi connectivity index (χ1n) is 11.4. The Morgan fingerprint density at radius 1 is 1.14 bits per heavy atom. The Morgan fingerprint density at radius 2 is 1.74 bits per heavy atom. The van der Waals surface area contributed by atoms with E-state index in [1.54, 1.807) is 0 Å². The Hall–Kier alpha value is -2.34. The summed E-state index contributed by atoms with van der Waals surface area (Å²) in [5, 5.41) is 12.4. The van der Waals surface area contributed by atoms with Crippen LogP contribution >= 0.6 is 0 Å². The van der Waals surface area contributed by atoms with E-state index in [0.29, 0.717) is 19.3 Å². The number of nitrogens with one attached hydrogen (secondary N) is 1. The van der Waals surface area contributed by atoms with E-state index in [0.717, 1.165) is 29.2 Å². The molecule has 1 saturated carbocycles. The molecule has 1 aromatic rings. The van der Waals surface area contributed by atoms with Gasteiger partial charge in [-0.25, -0.2) is 13.2 Å². The van der Waals surface area contributed by atoms with E-state index >= 15 is 0 Å². The number of hydrogen-bond donors (Lipinski definition) is 2. The number of likely N-dealkylation sites (N-methyl/N-ethyl adjacent to an activating group) is 1. The Kier molecular flexibility index (Phi) is 7.48. The lowest BCUT2D eigenvalue weighted by Gasteiger charge is -2.32. The summed E-state index contributed by atoms with van der Waals surface area (Å²) in [7, 11) is -2.64. The second-order valence-electron chi connectivity index (χ2n) is 10.6. The predicted molar refractivity (Wildman–Crippen MR) is 122 cm³/mol. The van der Waals surface area contributed by atoms with Gasteiger partial charge in [0.05, 0.1) is 10.5 Å². The molecule has 1 saturated heterocycles. The Morgan fingerprint density at radius 3 is 2.26 bits per heavy atom. The van der Waals surface area contributed by atoms with Crippen molar-refractivity contribution in [3.8, 4) is 0 Å². The zero-order valence-corrected chi connectivity index (χ0v) is 21.0. The van der Waals surface area contributed by atoms with Crippen LogP contribution in [0.15, 0.2) is 29.2 Å². The lowest BCUT2D eigenvalue weighted by Crippen LogP contribution is -2.52. The highest BCUT2D eigenvalue weighted by atomic mass is 32.2. The van der Waals surface area contributed by atoms with Crippen LogP contribution in [0.4, 0.5) is 18.0 Å². The van der Waals surface area contributed by atoms with Gasteiger partial charge < -0.3 is 10.4 Å². The first kappa shape index (κ1) is 27.3. The lowest BCUT2D eigenvalue weighted by molar-refractivity contribution is -0.137. The molecule has 1 heterocycles. The molecular formula is C23H32F3N3O5S. The molecule has 1 aliphatic carbocycles. The fourth-order valence-electron chi connectivity index (χ4n) is 4.96. The highest BCUT2D eigenvalue weighted by molar-refractivity contribution is 7.89. The summed E-state index contributed by atoms with van der Waals surface area (Å²) in [6.45, 7) is 6.10. The molecule has 12 heteroatoms. The average Bonchev–Trinajstić information content (AvgIpc) is 3.32. The van der Waals surface area contributed by atoms with Gasteiger partial charge in [0.1, 0.15) is 6.04 Å². The smallest absolute Gasteiger partial charge is 0.416 e. The minimum Gasteiger partial charge on any atom is -0.465 e. The molecule has 0 unspecified atom stereocenters. The van der Waals surface area contributed by atoms with Gasteiger partial charge in [0.15, 0.2) is 0 Å². The molecule has 2 fully saturated rings. The minimum absolute atomic E-state index is 0.00259. The summed E-state index contributed by atoms with van der Waals surface area (Å²) in [6, 6.07) is 2.22. The van der Waals surface area contributed by atoms with Gasteiger partial charge in [-0.3, -0.25) is 9.69 Å². The quantitative estimate of drug-likeness (QED) is 0.597. The first-order valence-corrected chi connectivity index (χ1v) is 12.9. The van der Waals surface area contributed by atoms with E-state index in [2.05, 4.69) is 5.32 Å². The van der Waals surface area contributed by atoms with Crippen LogP contribution < -0.4 is 5.32 Å². The third-order valence-corrected chi connectivity index (χ3v) is 8.69. The van der Waals surface area contributed by atoms with Gasteiger partial charge in [-0.15, -0.1) is 0 Å². The Bertz CT molecular complexity index is 1050. The van der Waals surface area contributed by atoms with Crippen molar-refractivity contribution in [2.24, 2.45) is 17.3 Å². The normalized spacial score (nSPS) is 24.1. The number of nitrogens with zero attached hydrogens (tertiary/aromatic N) is 2. The monoisotopic (exact) mass is 519 g/mol. The lowest BCUT2D eigenvalue weighted by atomic mass is 9.87. The Balaban J connectivity index is 1.72. The maximum atomic E-state index is 13.1. The van der Waals surface area contributed by atoms with Gasteiger partial charge in [-0.2, -0.15) is 17.5 Å². The van der Waals surface area contributed by atoms with E-state index in [-0.39, 0.29) is 41.3 Å². The van der Waals surface area contributed by atoms with Gasteiger partial charge in [0.2, 0.25) is 15.9 Å². The van der Waals surface area contributed by atoms with E-state index in [1.165, 1.54) is 11.4 Å². The van der Waals surface area contributed by atoms with Gasteiger partial charge in [-0.1, -0.05) is 20.8 Å². The minimum atomic E-state index is -4.56. The van der Waals surface area contributed by atoms with Crippen LogP contribution in [0.25, 0.3) is 0 Å². The zero-order valence-electron chi connectivity index (χ0n) is 20.2. The molecule has 8 nitrogen and oxygen atoms in total. The second-order valence-corrected chi connectivity index (χ2v) is 12.6. The topological polar surface area (TPSA) is 107 Å². The number of halogens is 3. The standard InChI is InChI=1S/C23H32F3N3O5S/c1-22(2,3)11-19(28(4)21(31)32)20(30)27-18-10-5-14-12-29(13-17(14)18)35(33,34)16-8-6-15(7-9-16)23(24,25)26/h6-9,14,17-19H,5,10-13H2,1-4H3,(H,27,30)(H,31,32)/t14-,17+,18+,19-/m0/s1. The molecule has 0 radical (unpaired) electrons. The van der Waals surface area contributed by atoms with Crippen molar-refractivity contribution in [2.45, 2.75) is 63.2 Å². The highest BCUT2D eigenvalue weighted by Gasteiger charge is 2.47. The van der Waals surface area contributed by atoms with Crippen LogP contribution in [0.2, 0.25) is 0 Å².